The van der Waals surface area contributed by atoms with Gasteiger partial charge in [0.25, 0.3) is 0 Å². The summed E-state index contributed by atoms with van der Waals surface area (Å²) in [5.74, 6) is 2.21. The number of hydrogen-bond donors (Lipinski definition) is 2. The second-order valence-electron chi connectivity index (χ2n) is 5.31. The largest absolute Gasteiger partial charge is 0.495 e. The number of rotatable bonds is 2. The summed E-state index contributed by atoms with van der Waals surface area (Å²) < 4.78 is 11.3. The summed E-state index contributed by atoms with van der Waals surface area (Å²) in [4.78, 5) is 4.64. The minimum atomic E-state index is -0.195. The Morgan fingerprint density at radius 3 is 2.82 bits per heavy atom. The van der Waals surface area contributed by atoms with Crippen LogP contribution in [0.4, 0.5) is 17.1 Å². The van der Waals surface area contributed by atoms with Gasteiger partial charge in [0.15, 0.2) is 6.10 Å². The lowest BCUT2D eigenvalue weighted by molar-refractivity contribution is 0.283. The van der Waals surface area contributed by atoms with Crippen molar-refractivity contribution in [3.05, 3.63) is 42.0 Å². The molecule has 1 heterocycles. The number of nitrogens with zero attached hydrogens (tertiary/aromatic N) is 1. The minimum Gasteiger partial charge on any atom is -0.495 e. The first-order chi connectivity index (χ1) is 10.6. The van der Waals surface area contributed by atoms with Crippen LogP contribution < -0.4 is 20.5 Å². The van der Waals surface area contributed by atoms with Gasteiger partial charge in [0, 0.05) is 11.8 Å². The highest BCUT2D eigenvalue weighted by Gasteiger charge is 2.21. The number of ether oxygens (including phenoxy) is 2. The zero-order valence-electron chi connectivity index (χ0n) is 12.9. The molecule has 2 aromatic carbocycles. The molecular weight excluding hydrogens is 278 g/mol. The number of benzene rings is 2. The molecule has 1 aliphatic rings. The molecule has 1 atom stereocenters. The number of hydrogen-bond acceptors (Lipinski definition) is 5. The fourth-order valence-corrected chi connectivity index (χ4v) is 2.37. The molecule has 3 rings (SSSR count). The van der Waals surface area contributed by atoms with Crippen molar-refractivity contribution in [1.82, 2.24) is 0 Å². The third-order valence-corrected chi connectivity index (χ3v) is 3.53. The van der Waals surface area contributed by atoms with Crippen LogP contribution in [0.5, 0.6) is 11.5 Å². The maximum atomic E-state index is 5.89. The fourth-order valence-electron chi connectivity index (χ4n) is 2.37. The molecule has 5 heteroatoms. The van der Waals surface area contributed by atoms with E-state index in [1.165, 1.54) is 0 Å². The van der Waals surface area contributed by atoms with E-state index in [1.54, 1.807) is 13.2 Å². The predicted octanol–water partition coefficient (Wildman–Crippen LogP) is 3.51. The number of aryl methyl sites for hydroxylation is 1. The van der Waals surface area contributed by atoms with E-state index in [9.17, 15) is 0 Å². The number of nitrogens with two attached hydrogens (primary N) is 1. The van der Waals surface area contributed by atoms with Gasteiger partial charge in [-0.2, -0.15) is 0 Å². The summed E-state index contributed by atoms with van der Waals surface area (Å²) in [5, 5.41) is 3.32. The maximum absolute atomic E-state index is 5.89. The van der Waals surface area contributed by atoms with Crippen molar-refractivity contribution in [2.75, 3.05) is 18.2 Å². The topological polar surface area (TPSA) is 68.9 Å². The van der Waals surface area contributed by atoms with E-state index in [4.69, 9.17) is 15.2 Å². The van der Waals surface area contributed by atoms with E-state index >= 15 is 0 Å². The maximum Gasteiger partial charge on any atom is 0.153 e. The standard InChI is InChI=1S/C17H19N3O2/c1-10-4-7-15(21-3)14(8-10)20-17-11(2)22-16-9-12(18)5-6-13(16)19-17/h4-9,11H,18H2,1-3H3,(H,19,20). The summed E-state index contributed by atoms with van der Waals surface area (Å²) >= 11 is 0. The predicted molar refractivity (Wildman–Crippen MR) is 89.4 cm³/mol. The smallest absolute Gasteiger partial charge is 0.153 e. The Hall–Kier alpha value is -2.69. The highest BCUT2D eigenvalue weighted by Crippen LogP contribution is 2.35. The van der Waals surface area contributed by atoms with Crippen LogP contribution in [0.1, 0.15) is 12.5 Å². The van der Waals surface area contributed by atoms with Crippen LogP contribution >= 0.6 is 0 Å². The second kappa shape index (κ2) is 5.60. The molecule has 3 N–H and O–H groups in total. The first kappa shape index (κ1) is 14.3. The van der Waals surface area contributed by atoms with Crippen LogP contribution in [-0.4, -0.2) is 19.0 Å². The highest BCUT2D eigenvalue weighted by atomic mass is 16.5. The van der Waals surface area contributed by atoms with Crippen LogP contribution in [0.3, 0.4) is 0 Å². The van der Waals surface area contributed by atoms with Crippen LogP contribution in [0.2, 0.25) is 0 Å². The van der Waals surface area contributed by atoms with Gasteiger partial charge in [-0.1, -0.05) is 6.07 Å². The van der Waals surface area contributed by atoms with Gasteiger partial charge in [0.05, 0.1) is 12.8 Å². The number of aliphatic imine (C=N–C) groups is 1. The molecule has 1 aliphatic heterocycles. The number of nitrogen functional groups attached to an aromatic ring is 1. The van der Waals surface area contributed by atoms with E-state index in [1.807, 2.05) is 44.2 Å². The molecule has 0 saturated heterocycles. The van der Waals surface area contributed by atoms with Gasteiger partial charge < -0.3 is 20.5 Å². The SMILES string of the molecule is COc1ccc(C)cc1NC1=Nc2ccc(N)cc2OC1C. The number of amidine groups is 1. The highest BCUT2D eigenvalue weighted by molar-refractivity contribution is 6.02. The summed E-state index contributed by atoms with van der Waals surface area (Å²) in [6, 6.07) is 11.4. The third-order valence-electron chi connectivity index (χ3n) is 3.53. The summed E-state index contributed by atoms with van der Waals surface area (Å²) in [7, 11) is 1.65. The lowest BCUT2D eigenvalue weighted by atomic mass is 10.2. The van der Waals surface area contributed by atoms with Gasteiger partial charge in [-0.3, -0.25) is 0 Å². The molecule has 0 spiro atoms. The van der Waals surface area contributed by atoms with E-state index in [0.717, 1.165) is 28.5 Å². The first-order valence-electron chi connectivity index (χ1n) is 7.13. The van der Waals surface area contributed by atoms with Crippen molar-refractivity contribution in [2.24, 2.45) is 4.99 Å². The summed E-state index contributed by atoms with van der Waals surface area (Å²) in [6.07, 6.45) is -0.195. The third kappa shape index (κ3) is 2.70. The molecule has 0 radical (unpaired) electrons. The van der Waals surface area contributed by atoms with E-state index in [-0.39, 0.29) is 6.10 Å². The average molecular weight is 297 g/mol. The van der Waals surface area contributed by atoms with E-state index in [2.05, 4.69) is 10.3 Å². The van der Waals surface area contributed by atoms with Crippen molar-refractivity contribution in [1.29, 1.82) is 0 Å². The average Bonchev–Trinajstić information content (AvgIpc) is 2.48. The van der Waals surface area contributed by atoms with Crippen LogP contribution in [-0.2, 0) is 0 Å². The lowest BCUT2D eigenvalue weighted by Crippen LogP contribution is -2.32. The monoisotopic (exact) mass is 297 g/mol. The zero-order valence-corrected chi connectivity index (χ0v) is 12.9. The van der Waals surface area contributed by atoms with Crippen molar-refractivity contribution in [2.45, 2.75) is 20.0 Å². The van der Waals surface area contributed by atoms with Crippen molar-refractivity contribution in [3.63, 3.8) is 0 Å². The Labute approximate surface area is 129 Å². The lowest BCUT2D eigenvalue weighted by Gasteiger charge is -2.25. The van der Waals surface area contributed by atoms with Crippen LogP contribution in [0.15, 0.2) is 41.4 Å². The molecule has 0 bridgehead atoms. The van der Waals surface area contributed by atoms with Crippen molar-refractivity contribution in [3.8, 4) is 11.5 Å². The molecule has 1 unspecified atom stereocenters. The Morgan fingerprint density at radius 2 is 2.05 bits per heavy atom. The molecule has 0 amide bonds. The van der Waals surface area contributed by atoms with Gasteiger partial charge in [0.2, 0.25) is 0 Å². The first-order valence-corrected chi connectivity index (χ1v) is 7.13. The minimum absolute atomic E-state index is 0.195. The molecule has 22 heavy (non-hydrogen) atoms. The molecule has 0 saturated carbocycles. The molecule has 2 aromatic rings. The molecule has 114 valence electrons. The Bertz CT molecular complexity index is 741. The van der Waals surface area contributed by atoms with Gasteiger partial charge >= 0.3 is 0 Å². The van der Waals surface area contributed by atoms with Gasteiger partial charge in [0.1, 0.15) is 23.0 Å². The molecular formula is C17H19N3O2. The molecule has 5 nitrogen and oxygen atoms in total. The number of anilines is 2. The van der Waals surface area contributed by atoms with Crippen LogP contribution in [0.25, 0.3) is 0 Å². The zero-order chi connectivity index (χ0) is 15.7. The normalized spacial score (nSPS) is 16.3. The summed E-state index contributed by atoms with van der Waals surface area (Å²) in [5.41, 5.74) is 9.22. The summed E-state index contributed by atoms with van der Waals surface area (Å²) in [6.45, 7) is 3.98. The quantitative estimate of drug-likeness (QED) is 0.832. The Balaban J connectivity index is 1.95. The fraction of sp³-hybridized carbons (Fsp3) is 0.235. The van der Waals surface area contributed by atoms with Gasteiger partial charge in [-0.15, -0.1) is 0 Å². The second-order valence-corrected chi connectivity index (χ2v) is 5.31. The Kier molecular flexibility index (Phi) is 3.63. The van der Waals surface area contributed by atoms with Gasteiger partial charge in [-0.05, 0) is 43.7 Å². The van der Waals surface area contributed by atoms with E-state index in [0.29, 0.717) is 11.4 Å². The Morgan fingerprint density at radius 1 is 1.23 bits per heavy atom. The van der Waals surface area contributed by atoms with Gasteiger partial charge in [-0.25, -0.2) is 4.99 Å². The number of methoxy groups -OCH3 is 1. The van der Waals surface area contributed by atoms with E-state index < -0.39 is 0 Å². The van der Waals surface area contributed by atoms with Crippen molar-refractivity contribution < 1.29 is 9.47 Å². The molecule has 0 fully saturated rings. The van der Waals surface area contributed by atoms with Crippen molar-refractivity contribution >= 4 is 22.9 Å². The molecule has 0 aliphatic carbocycles. The number of nitrogens with one attached hydrogen (secondary N) is 1. The number of fused-ring (bicyclic) bond motifs is 1. The molecule has 0 aromatic heterocycles. The van der Waals surface area contributed by atoms with Crippen LogP contribution in [0, 0.1) is 6.92 Å².